The number of hydrogen-bond acceptors (Lipinski definition) is 3. The van der Waals surface area contributed by atoms with E-state index in [1.165, 1.54) is 5.56 Å². The molecule has 23 heavy (non-hydrogen) atoms. The van der Waals surface area contributed by atoms with E-state index in [0.29, 0.717) is 11.3 Å². The van der Waals surface area contributed by atoms with E-state index in [1.54, 1.807) is 6.07 Å². The van der Waals surface area contributed by atoms with Crippen LogP contribution in [0, 0.1) is 6.92 Å². The molecule has 1 heterocycles. The van der Waals surface area contributed by atoms with E-state index in [4.69, 9.17) is 5.73 Å². The number of aryl methyl sites for hydroxylation is 1. The number of carbonyl (C=O) groups is 1. The van der Waals surface area contributed by atoms with Crippen LogP contribution in [0.25, 0.3) is 0 Å². The Morgan fingerprint density at radius 1 is 1.26 bits per heavy atom. The number of carbonyl (C=O) groups excluding carboxylic acids is 1. The van der Waals surface area contributed by atoms with Gasteiger partial charge in [0, 0.05) is 36.9 Å². The van der Waals surface area contributed by atoms with E-state index < -0.39 is 0 Å². The minimum Gasteiger partial charge on any atom is -0.399 e. The Hall–Kier alpha value is -2.33. The van der Waals surface area contributed by atoms with Crippen molar-refractivity contribution in [2.75, 3.05) is 18.8 Å². The molecule has 1 atom stereocenters. The van der Waals surface area contributed by atoms with Crippen LogP contribution in [-0.2, 0) is 6.54 Å². The molecule has 2 aromatic rings. The maximum atomic E-state index is 12.5. The van der Waals surface area contributed by atoms with E-state index in [-0.39, 0.29) is 11.9 Å². The van der Waals surface area contributed by atoms with Crippen molar-refractivity contribution in [2.24, 2.45) is 0 Å². The molecule has 120 valence electrons. The number of hydrogen-bond donors (Lipinski definition) is 2. The van der Waals surface area contributed by atoms with Gasteiger partial charge in [0.05, 0.1) is 0 Å². The molecule has 0 saturated carbocycles. The van der Waals surface area contributed by atoms with Crippen molar-refractivity contribution in [3.63, 3.8) is 0 Å². The first kappa shape index (κ1) is 15.6. The molecule has 1 aliphatic heterocycles. The number of nitrogens with zero attached hydrogens (tertiary/aromatic N) is 1. The topological polar surface area (TPSA) is 58.4 Å². The summed E-state index contributed by atoms with van der Waals surface area (Å²) in [6, 6.07) is 16.1. The highest BCUT2D eigenvalue weighted by molar-refractivity contribution is 5.96. The smallest absolute Gasteiger partial charge is 0.251 e. The SMILES string of the molecule is Cc1ccc(N)cc1C(=O)NC1CCN(Cc2ccccc2)C1. The second-order valence-electron chi connectivity index (χ2n) is 6.25. The van der Waals surface area contributed by atoms with Crippen molar-refractivity contribution in [3.8, 4) is 0 Å². The Morgan fingerprint density at radius 3 is 2.83 bits per heavy atom. The van der Waals surface area contributed by atoms with E-state index in [1.807, 2.05) is 25.1 Å². The van der Waals surface area contributed by atoms with E-state index in [9.17, 15) is 4.79 Å². The van der Waals surface area contributed by atoms with Gasteiger partial charge in [-0.3, -0.25) is 9.69 Å². The van der Waals surface area contributed by atoms with Crippen LogP contribution in [0.15, 0.2) is 48.5 Å². The van der Waals surface area contributed by atoms with Crippen LogP contribution in [0.5, 0.6) is 0 Å². The van der Waals surface area contributed by atoms with Gasteiger partial charge in [-0.15, -0.1) is 0 Å². The molecule has 2 aromatic carbocycles. The largest absolute Gasteiger partial charge is 0.399 e. The molecular weight excluding hydrogens is 286 g/mol. The summed E-state index contributed by atoms with van der Waals surface area (Å²) in [6.45, 7) is 4.77. The zero-order valence-electron chi connectivity index (χ0n) is 13.5. The number of nitrogens with one attached hydrogen (secondary N) is 1. The van der Waals surface area contributed by atoms with Crippen molar-refractivity contribution in [1.29, 1.82) is 0 Å². The van der Waals surface area contributed by atoms with Gasteiger partial charge in [-0.1, -0.05) is 36.4 Å². The van der Waals surface area contributed by atoms with Crippen LogP contribution in [0.3, 0.4) is 0 Å². The van der Waals surface area contributed by atoms with Gasteiger partial charge in [-0.25, -0.2) is 0 Å². The zero-order valence-corrected chi connectivity index (χ0v) is 13.5. The summed E-state index contributed by atoms with van der Waals surface area (Å²) in [5, 5.41) is 3.14. The van der Waals surface area contributed by atoms with Crippen LogP contribution in [-0.4, -0.2) is 29.9 Å². The molecule has 1 unspecified atom stereocenters. The van der Waals surface area contributed by atoms with Crippen LogP contribution in [0.2, 0.25) is 0 Å². The van der Waals surface area contributed by atoms with Crippen LogP contribution in [0.4, 0.5) is 5.69 Å². The Kier molecular flexibility index (Phi) is 4.63. The number of nitrogens with two attached hydrogens (primary N) is 1. The first-order valence-corrected chi connectivity index (χ1v) is 8.05. The maximum Gasteiger partial charge on any atom is 0.251 e. The highest BCUT2D eigenvalue weighted by Crippen LogP contribution is 2.16. The first-order valence-electron chi connectivity index (χ1n) is 8.05. The van der Waals surface area contributed by atoms with Gasteiger partial charge in [0.1, 0.15) is 0 Å². The number of amides is 1. The summed E-state index contributed by atoms with van der Waals surface area (Å²) < 4.78 is 0. The number of likely N-dealkylation sites (tertiary alicyclic amines) is 1. The molecule has 3 N–H and O–H groups in total. The fraction of sp³-hybridized carbons (Fsp3) is 0.316. The average molecular weight is 309 g/mol. The van der Waals surface area contributed by atoms with Gasteiger partial charge in [-0.2, -0.15) is 0 Å². The number of benzene rings is 2. The number of rotatable bonds is 4. The van der Waals surface area contributed by atoms with Crippen molar-refractivity contribution >= 4 is 11.6 Å². The standard InChI is InChI=1S/C19H23N3O/c1-14-7-8-16(20)11-18(14)19(23)21-17-9-10-22(13-17)12-15-5-3-2-4-6-15/h2-8,11,17H,9-10,12-13,20H2,1H3,(H,21,23). The zero-order chi connectivity index (χ0) is 16.2. The van der Waals surface area contributed by atoms with Crippen molar-refractivity contribution in [1.82, 2.24) is 10.2 Å². The summed E-state index contributed by atoms with van der Waals surface area (Å²) in [4.78, 5) is 14.8. The maximum absolute atomic E-state index is 12.5. The van der Waals surface area contributed by atoms with Crippen molar-refractivity contribution in [3.05, 3.63) is 65.2 Å². The Labute approximate surface area is 137 Å². The third-order valence-corrected chi connectivity index (χ3v) is 4.36. The monoisotopic (exact) mass is 309 g/mol. The Balaban J connectivity index is 1.57. The number of nitrogen functional groups attached to an aromatic ring is 1. The third-order valence-electron chi connectivity index (χ3n) is 4.36. The molecular formula is C19H23N3O. The lowest BCUT2D eigenvalue weighted by molar-refractivity contribution is 0.0937. The van der Waals surface area contributed by atoms with Crippen molar-refractivity contribution in [2.45, 2.75) is 25.9 Å². The van der Waals surface area contributed by atoms with Gasteiger partial charge in [-0.05, 0) is 36.6 Å². The van der Waals surface area contributed by atoms with Gasteiger partial charge in [0.25, 0.3) is 5.91 Å². The summed E-state index contributed by atoms with van der Waals surface area (Å²) in [6.07, 6.45) is 0.986. The predicted octanol–water partition coefficient (Wildman–Crippen LogP) is 2.58. The molecule has 1 fully saturated rings. The van der Waals surface area contributed by atoms with Crippen LogP contribution in [0.1, 0.15) is 27.9 Å². The molecule has 4 nitrogen and oxygen atoms in total. The quantitative estimate of drug-likeness (QED) is 0.854. The molecule has 1 saturated heterocycles. The Bertz CT molecular complexity index is 684. The molecule has 0 spiro atoms. The Morgan fingerprint density at radius 2 is 2.04 bits per heavy atom. The molecule has 4 heteroatoms. The number of anilines is 1. The fourth-order valence-corrected chi connectivity index (χ4v) is 3.08. The summed E-state index contributed by atoms with van der Waals surface area (Å²) in [5.74, 6) is -0.0265. The molecule has 1 aliphatic rings. The lowest BCUT2D eigenvalue weighted by Gasteiger charge is -2.17. The fourth-order valence-electron chi connectivity index (χ4n) is 3.08. The highest BCUT2D eigenvalue weighted by atomic mass is 16.1. The highest BCUT2D eigenvalue weighted by Gasteiger charge is 2.24. The normalized spacial score (nSPS) is 18.0. The third kappa shape index (κ3) is 3.90. The van der Waals surface area contributed by atoms with Gasteiger partial charge < -0.3 is 11.1 Å². The van der Waals surface area contributed by atoms with Gasteiger partial charge >= 0.3 is 0 Å². The summed E-state index contributed by atoms with van der Waals surface area (Å²) in [7, 11) is 0. The predicted molar refractivity (Wildman–Crippen MR) is 93.2 cm³/mol. The van der Waals surface area contributed by atoms with Crippen molar-refractivity contribution < 1.29 is 4.79 Å². The molecule has 0 radical (unpaired) electrons. The molecule has 3 rings (SSSR count). The molecule has 0 bridgehead atoms. The first-order chi connectivity index (χ1) is 11.1. The molecule has 0 aliphatic carbocycles. The van der Waals surface area contributed by atoms with Gasteiger partial charge in [0.15, 0.2) is 0 Å². The van der Waals surface area contributed by atoms with E-state index in [0.717, 1.165) is 31.6 Å². The second kappa shape index (κ2) is 6.84. The molecule has 1 amide bonds. The summed E-state index contributed by atoms with van der Waals surface area (Å²) in [5.41, 5.74) is 9.35. The lowest BCUT2D eigenvalue weighted by Crippen LogP contribution is -2.37. The van der Waals surface area contributed by atoms with Crippen LogP contribution >= 0.6 is 0 Å². The minimum absolute atomic E-state index is 0.0265. The summed E-state index contributed by atoms with van der Waals surface area (Å²) >= 11 is 0. The van der Waals surface area contributed by atoms with E-state index >= 15 is 0 Å². The van der Waals surface area contributed by atoms with Crippen LogP contribution < -0.4 is 11.1 Å². The van der Waals surface area contributed by atoms with Gasteiger partial charge in [0.2, 0.25) is 0 Å². The second-order valence-corrected chi connectivity index (χ2v) is 6.25. The lowest BCUT2D eigenvalue weighted by atomic mass is 10.1. The average Bonchev–Trinajstić information content (AvgIpc) is 2.97. The van der Waals surface area contributed by atoms with E-state index in [2.05, 4.69) is 34.5 Å². The molecule has 0 aromatic heterocycles. The minimum atomic E-state index is -0.0265.